The molecular weight excluding hydrogens is 410 g/mol. The van der Waals surface area contributed by atoms with Crippen LogP contribution in [0, 0.1) is 0 Å². The van der Waals surface area contributed by atoms with Crippen LogP contribution in [0.25, 0.3) is 0 Å². The first-order valence-corrected chi connectivity index (χ1v) is 9.96. The smallest absolute Gasteiger partial charge is 0.336 e. The number of Topliss-reactive ketones (excluding diaryl/α,β-unsaturated/α-hetero) is 1. The summed E-state index contributed by atoms with van der Waals surface area (Å²) in [6, 6.07) is 19.9. The van der Waals surface area contributed by atoms with E-state index in [1.54, 1.807) is 54.6 Å². The Labute approximate surface area is 176 Å². The monoisotopic (exact) mass is 425 g/mol. The van der Waals surface area contributed by atoms with E-state index in [4.69, 9.17) is 11.6 Å². The van der Waals surface area contributed by atoms with Crippen LogP contribution in [0.1, 0.15) is 31.1 Å². The number of amides is 1. The Hall–Kier alpha value is -3.09. The van der Waals surface area contributed by atoms with Gasteiger partial charge in [-0.05, 0) is 42.5 Å². The molecule has 3 rings (SSSR count). The molecule has 0 aromatic heterocycles. The van der Waals surface area contributed by atoms with Gasteiger partial charge in [0, 0.05) is 16.1 Å². The molecule has 146 valence electrons. The van der Waals surface area contributed by atoms with Crippen LogP contribution in [-0.2, 0) is 0 Å². The van der Waals surface area contributed by atoms with Gasteiger partial charge in [-0.1, -0.05) is 41.9 Å². The van der Waals surface area contributed by atoms with Crippen LogP contribution in [0.3, 0.4) is 0 Å². The summed E-state index contributed by atoms with van der Waals surface area (Å²) in [4.78, 5) is 36.9. The lowest BCUT2D eigenvalue weighted by atomic mass is 10.1. The number of benzene rings is 3. The van der Waals surface area contributed by atoms with Gasteiger partial charge in [-0.2, -0.15) is 0 Å². The van der Waals surface area contributed by atoms with Crippen molar-refractivity contribution in [2.45, 2.75) is 4.90 Å². The summed E-state index contributed by atoms with van der Waals surface area (Å²) < 4.78 is 0. The van der Waals surface area contributed by atoms with Crippen molar-refractivity contribution in [3.8, 4) is 0 Å². The Balaban J connectivity index is 1.69. The van der Waals surface area contributed by atoms with E-state index in [1.807, 2.05) is 6.07 Å². The van der Waals surface area contributed by atoms with E-state index in [9.17, 15) is 19.5 Å². The molecule has 0 unspecified atom stereocenters. The molecule has 0 fully saturated rings. The summed E-state index contributed by atoms with van der Waals surface area (Å²) in [5.41, 5.74) is 0.981. The maximum atomic E-state index is 12.5. The van der Waals surface area contributed by atoms with Crippen molar-refractivity contribution in [1.29, 1.82) is 0 Å². The number of rotatable bonds is 7. The van der Waals surface area contributed by atoms with Crippen LogP contribution in [0.2, 0.25) is 5.02 Å². The van der Waals surface area contributed by atoms with Crippen molar-refractivity contribution in [3.63, 3.8) is 0 Å². The highest BCUT2D eigenvalue weighted by Crippen LogP contribution is 2.25. The predicted octanol–water partition coefficient (Wildman–Crippen LogP) is 5.27. The molecule has 2 N–H and O–H groups in total. The number of halogens is 1. The van der Waals surface area contributed by atoms with E-state index in [0.717, 1.165) is 4.90 Å². The number of anilines is 1. The average molecular weight is 426 g/mol. The summed E-state index contributed by atoms with van der Waals surface area (Å²) in [7, 11) is 0. The van der Waals surface area contributed by atoms with Crippen LogP contribution in [0.5, 0.6) is 0 Å². The molecule has 3 aromatic carbocycles. The maximum Gasteiger partial charge on any atom is 0.336 e. The van der Waals surface area contributed by atoms with E-state index in [1.165, 1.54) is 23.9 Å². The van der Waals surface area contributed by atoms with Crippen LogP contribution in [0.15, 0.2) is 77.7 Å². The van der Waals surface area contributed by atoms with Crippen molar-refractivity contribution in [1.82, 2.24) is 0 Å². The molecule has 0 atom stereocenters. The molecule has 0 radical (unpaired) electrons. The van der Waals surface area contributed by atoms with Gasteiger partial charge in [0.1, 0.15) is 0 Å². The molecule has 0 saturated heterocycles. The topological polar surface area (TPSA) is 83.5 Å². The summed E-state index contributed by atoms with van der Waals surface area (Å²) in [5.74, 6) is -1.58. The third-order valence-corrected chi connectivity index (χ3v) is 5.36. The van der Waals surface area contributed by atoms with Gasteiger partial charge in [0.05, 0.1) is 21.9 Å². The van der Waals surface area contributed by atoms with Gasteiger partial charge in [0.25, 0.3) is 5.91 Å². The van der Waals surface area contributed by atoms with Crippen LogP contribution in [-0.4, -0.2) is 28.5 Å². The third-order valence-electron chi connectivity index (χ3n) is 4.04. The molecule has 0 spiro atoms. The highest BCUT2D eigenvalue weighted by atomic mass is 35.5. The highest BCUT2D eigenvalue weighted by Gasteiger charge is 2.16. The SMILES string of the molecule is O=C(CSc1cccc(NC(=O)c2ccccc2C(=O)O)c1)c1ccccc1Cl. The molecular formula is C22H16ClNO4S. The van der Waals surface area contributed by atoms with Gasteiger partial charge < -0.3 is 10.4 Å². The maximum absolute atomic E-state index is 12.5. The first-order valence-electron chi connectivity index (χ1n) is 8.60. The van der Waals surface area contributed by atoms with Crippen LogP contribution >= 0.6 is 23.4 Å². The molecule has 5 nitrogen and oxygen atoms in total. The molecule has 0 saturated carbocycles. The summed E-state index contributed by atoms with van der Waals surface area (Å²) >= 11 is 7.38. The van der Waals surface area contributed by atoms with E-state index in [-0.39, 0.29) is 22.7 Å². The second-order valence-electron chi connectivity index (χ2n) is 6.02. The molecule has 29 heavy (non-hydrogen) atoms. The Kier molecular flexibility index (Phi) is 6.69. The Morgan fingerprint density at radius 2 is 1.52 bits per heavy atom. The van der Waals surface area contributed by atoms with Gasteiger partial charge >= 0.3 is 5.97 Å². The number of ketones is 1. The standard InChI is InChI=1S/C22H16ClNO4S/c23-19-11-4-3-10-18(19)20(25)13-29-15-7-5-6-14(12-15)24-21(26)16-8-1-2-9-17(16)22(27)28/h1-12H,13H2,(H,24,26)(H,27,28). The van der Waals surface area contributed by atoms with Crippen molar-refractivity contribution < 1.29 is 19.5 Å². The fraction of sp³-hybridized carbons (Fsp3) is 0.0455. The van der Waals surface area contributed by atoms with Gasteiger partial charge in [-0.3, -0.25) is 9.59 Å². The van der Waals surface area contributed by atoms with Gasteiger partial charge in [-0.25, -0.2) is 4.79 Å². The number of thioether (sulfide) groups is 1. The number of carbonyl (C=O) groups excluding carboxylic acids is 2. The van der Waals surface area contributed by atoms with Gasteiger partial charge in [0.15, 0.2) is 5.78 Å². The van der Waals surface area contributed by atoms with E-state index >= 15 is 0 Å². The molecule has 0 aliphatic rings. The second kappa shape index (κ2) is 9.41. The lowest BCUT2D eigenvalue weighted by Crippen LogP contribution is -2.16. The molecule has 0 aliphatic heterocycles. The molecule has 3 aromatic rings. The zero-order valence-corrected chi connectivity index (χ0v) is 16.7. The summed E-state index contributed by atoms with van der Waals surface area (Å²) in [6.07, 6.45) is 0. The molecule has 1 amide bonds. The first kappa shape index (κ1) is 20.6. The quantitative estimate of drug-likeness (QED) is 0.398. The second-order valence-corrected chi connectivity index (χ2v) is 7.48. The predicted molar refractivity (Wildman–Crippen MR) is 114 cm³/mol. The van der Waals surface area contributed by atoms with Crippen molar-refractivity contribution >= 4 is 46.7 Å². The number of hydrogen-bond acceptors (Lipinski definition) is 4. The van der Waals surface area contributed by atoms with Gasteiger partial charge in [0.2, 0.25) is 0 Å². The lowest BCUT2D eigenvalue weighted by Gasteiger charge is -2.09. The number of hydrogen-bond donors (Lipinski definition) is 2. The Morgan fingerprint density at radius 1 is 0.862 bits per heavy atom. The fourth-order valence-corrected chi connectivity index (χ4v) is 3.72. The Morgan fingerprint density at radius 3 is 2.21 bits per heavy atom. The normalized spacial score (nSPS) is 10.4. The number of nitrogens with one attached hydrogen (secondary N) is 1. The minimum Gasteiger partial charge on any atom is -0.478 e. The highest BCUT2D eigenvalue weighted by molar-refractivity contribution is 8.00. The largest absolute Gasteiger partial charge is 0.478 e. The van der Waals surface area contributed by atoms with Crippen LogP contribution < -0.4 is 5.32 Å². The number of carboxylic acids is 1. The zero-order chi connectivity index (χ0) is 20.8. The number of carboxylic acid groups (broad SMARTS) is 1. The van der Waals surface area contributed by atoms with E-state index in [2.05, 4.69) is 5.32 Å². The van der Waals surface area contributed by atoms with Gasteiger partial charge in [-0.15, -0.1) is 11.8 Å². The van der Waals surface area contributed by atoms with Crippen molar-refractivity contribution in [2.24, 2.45) is 0 Å². The summed E-state index contributed by atoms with van der Waals surface area (Å²) in [6.45, 7) is 0. The minimum atomic E-state index is -1.17. The first-order chi connectivity index (χ1) is 14.0. The van der Waals surface area contributed by atoms with Crippen LogP contribution in [0.4, 0.5) is 5.69 Å². The van der Waals surface area contributed by atoms with Crippen molar-refractivity contribution in [3.05, 3.63) is 94.5 Å². The molecule has 0 aliphatic carbocycles. The molecule has 0 bridgehead atoms. The third kappa shape index (κ3) is 5.25. The molecule has 0 heterocycles. The zero-order valence-electron chi connectivity index (χ0n) is 15.1. The molecule has 7 heteroatoms. The lowest BCUT2D eigenvalue weighted by molar-refractivity contribution is 0.0692. The van der Waals surface area contributed by atoms with Crippen molar-refractivity contribution in [2.75, 3.05) is 11.1 Å². The average Bonchev–Trinajstić information content (AvgIpc) is 2.72. The number of aromatic carboxylic acids is 1. The van der Waals surface area contributed by atoms with E-state index < -0.39 is 11.9 Å². The van der Waals surface area contributed by atoms with E-state index in [0.29, 0.717) is 16.3 Å². The fourth-order valence-electron chi connectivity index (χ4n) is 2.64. The Bertz CT molecular complexity index is 1080. The number of carbonyl (C=O) groups is 3. The summed E-state index contributed by atoms with van der Waals surface area (Å²) in [5, 5.41) is 12.3. The minimum absolute atomic E-state index is 0.0686.